The number of hydrogen-bond acceptors (Lipinski definition) is 3. The molecule has 0 heterocycles. The highest BCUT2D eigenvalue weighted by atomic mass is 28.2. The number of hydrogen-bond donors (Lipinski definition) is 0. The van der Waals surface area contributed by atoms with E-state index in [1.165, 1.54) is 0 Å². The fourth-order valence-electron chi connectivity index (χ4n) is 2.55. The Morgan fingerprint density at radius 2 is 1.50 bits per heavy atom. The molecule has 0 saturated carbocycles. The van der Waals surface area contributed by atoms with Crippen molar-refractivity contribution in [3.05, 3.63) is 35.4 Å². The van der Waals surface area contributed by atoms with Gasteiger partial charge in [-0.3, -0.25) is 0 Å². The Labute approximate surface area is 145 Å². The van der Waals surface area contributed by atoms with E-state index in [4.69, 9.17) is 13.9 Å². The molecule has 0 radical (unpaired) electrons. The van der Waals surface area contributed by atoms with E-state index in [0.29, 0.717) is 30.1 Å². The summed E-state index contributed by atoms with van der Waals surface area (Å²) in [4.78, 5) is 0. The van der Waals surface area contributed by atoms with Gasteiger partial charge in [-0.25, -0.2) is 0 Å². The molecule has 0 aliphatic rings. The van der Waals surface area contributed by atoms with E-state index in [9.17, 15) is 13.2 Å². The summed E-state index contributed by atoms with van der Waals surface area (Å²) in [6.45, 7) is 4.85. The summed E-state index contributed by atoms with van der Waals surface area (Å²) in [6, 6.07) is 5.38. The fourth-order valence-corrected chi connectivity index (χ4v) is 2.99. The molecule has 0 atom stereocenters. The topological polar surface area (TPSA) is 27.7 Å². The van der Waals surface area contributed by atoms with E-state index in [2.05, 4.69) is 0 Å². The van der Waals surface area contributed by atoms with E-state index < -0.39 is 17.7 Å². The van der Waals surface area contributed by atoms with Crippen molar-refractivity contribution in [2.75, 3.05) is 13.2 Å². The summed E-state index contributed by atoms with van der Waals surface area (Å²) in [5.41, 5.74) is 0.316. The fraction of sp³-hybridized carbons (Fsp3) is 0.647. The van der Waals surface area contributed by atoms with Crippen LogP contribution in [0.3, 0.4) is 0 Å². The molecule has 0 N–H and O–H groups in total. The zero-order valence-corrected chi connectivity index (χ0v) is 16.6. The Morgan fingerprint density at radius 3 is 1.96 bits per heavy atom. The lowest BCUT2D eigenvalue weighted by molar-refractivity contribution is -0.344. The van der Waals surface area contributed by atoms with Crippen LogP contribution in [-0.2, 0) is 26.5 Å². The molecule has 0 bridgehead atoms. The van der Waals surface area contributed by atoms with Crippen molar-refractivity contribution in [1.82, 2.24) is 0 Å². The van der Waals surface area contributed by atoms with E-state index >= 15 is 0 Å². The van der Waals surface area contributed by atoms with Gasteiger partial charge in [0.1, 0.15) is 0 Å². The van der Waals surface area contributed by atoms with Crippen LogP contribution in [0.15, 0.2) is 24.3 Å². The highest BCUT2D eigenvalue weighted by Crippen LogP contribution is 2.29. The summed E-state index contributed by atoms with van der Waals surface area (Å²) in [7, 11) is 0.527. The maximum absolute atomic E-state index is 12.5. The average Bonchev–Trinajstić information content (AvgIpc) is 2.54. The standard InChI is InChI=1S/C17H27F3O3Si/c1-3-21-16(23-24,22-4-2)13-7-5-6-8-14-9-11-15(12-10-14)17(18,19)20/h9-12H,3-8,13H2,1-2,24H3. The minimum atomic E-state index is -4.27. The molecule has 24 heavy (non-hydrogen) atoms. The summed E-state index contributed by atoms with van der Waals surface area (Å²) in [5, 5.41) is 0. The van der Waals surface area contributed by atoms with Crippen LogP contribution >= 0.6 is 0 Å². The molecule has 0 unspecified atom stereocenters. The molecule has 0 aliphatic heterocycles. The maximum Gasteiger partial charge on any atom is 0.416 e. The molecule has 3 nitrogen and oxygen atoms in total. The normalized spacial score (nSPS) is 12.7. The molecule has 0 fully saturated rings. The maximum atomic E-state index is 12.5. The third-order valence-electron chi connectivity index (χ3n) is 3.77. The van der Waals surface area contributed by atoms with Crippen molar-refractivity contribution in [2.45, 2.75) is 58.1 Å². The van der Waals surface area contributed by atoms with Gasteiger partial charge >= 0.3 is 6.18 Å². The Morgan fingerprint density at radius 1 is 0.917 bits per heavy atom. The Kier molecular flexibility index (Phi) is 8.97. The highest BCUT2D eigenvalue weighted by molar-refractivity contribution is 5.98. The number of rotatable bonds is 11. The number of ether oxygens (including phenoxy) is 2. The second-order valence-electron chi connectivity index (χ2n) is 5.51. The van der Waals surface area contributed by atoms with Crippen molar-refractivity contribution in [3.63, 3.8) is 0 Å². The van der Waals surface area contributed by atoms with Crippen LogP contribution in [0.5, 0.6) is 0 Å². The Bertz CT molecular complexity index is 457. The molecule has 7 heteroatoms. The first kappa shape index (κ1) is 21.2. The lowest BCUT2D eigenvalue weighted by Gasteiger charge is -2.31. The Hall–Kier alpha value is -0.893. The predicted octanol–water partition coefficient (Wildman–Crippen LogP) is 3.83. The van der Waals surface area contributed by atoms with Crippen LogP contribution in [0, 0.1) is 0 Å². The van der Waals surface area contributed by atoms with Gasteiger partial charge in [0.25, 0.3) is 5.97 Å². The Balaban J connectivity index is 2.37. The molecule has 1 rings (SSSR count). The van der Waals surface area contributed by atoms with Gasteiger partial charge in [-0.2, -0.15) is 13.2 Å². The van der Waals surface area contributed by atoms with E-state index in [1.54, 1.807) is 12.1 Å². The SMILES string of the molecule is CCOC(CCCCCc1ccc(C(F)(F)F)cc1)(O[SiH3])OCC. The van der Waals surface area contributed by atoms with Gasteiger partial charge in [-0.15, -0.1) is 0 Å². The second-order valence-corrected chi connectivity index (χ2v) is 5.92. The quantitative estimate of drug-likeness (QED) is 0.339. The zero-order chi connectivity index (χ0) is 18.1. The number of aryl methyl sites for hydroxylation is 1. The average molecular weight is 364 g/mol. The number of alkyl halides is 3. The minimum Gasteiger partial charge on any atom is -0.380 e. The summed E-state index contributed by atoms with van der Waals surface area (Å²) >= 11 is 0. The molecule has 1 aromatic rings. The van der Waals surface area contributed by atoms with Gasteiger partial charge in [0.2, 0.25) is 0 Å². The largest absolute Gasteiger partial charge is 0.416 e. The van der Waals surface area contributed by atoms with Crippen LogP contribution in [0.4, 0.5) is 13.2 Å². The number of unbranched alkanes of at least 4 members (excludes halogenated alkanes) is 2. The van der Waals surface area contributed by atoms with Gasteiger partial charge in [0.05, 0.1) is 5.56 Å². The molecule has 0 spiro atoms. The monoisotopic (exact) mass is 364 g/mol. The number of benzene rings is 1. The lowest BCUT2D eigenvalue weighted by atomic mass is 10.0. The molecular formula is C17H27F3O3Si. The second kappa shape index (κ2) is 10.2. The van der Waals surface area contributed by atoms with Crippen molar-refractivity contribution < 1.29 is 27.1 Å². The van der Waals surface area contributed by atoms with Crippen LogP contribution in [0.2, 0.25) is 0 Å². The van der Waals surface area contributed by atoms with Gasteiger partial charge in [0, 0.05) is 19.6 Å². The molecule has 0 aliphatic carbocycles. The minimum absolute atomic E-state index is 0.522. The van der Waals surface area contributed by atoms with Crippen LogP contribution in [0.1, 0.15) is 50.7 Å². The zero-order valence-electron chi connectivity index (χ0n) is 14.6. The van der Waals surface area contributed by atoms with Crippen molar-refractivity contribution in [1.29, 1.82) is 0 Å². The van der Waals surface area contributed by atoms with Crippen molar-refractivity contribution in [3.8, 4) is 0 Å². The smallest absolute Gasteiger partial charge is 0.380 e. The first-order valence-corrected chi connectivity index (χ1v) is 9.17. The van der Waals surface area contributed by atoms with Crippen molar-refractivity contribution in [2.24, 2.45) is 0 Å². The first-order valence-electron chi connectivity index (χ1n) is 8.36. The molecular weight excluding hydrogens is 337 g/mol. The van der Waals surface area contributed by atoms with E-state index in [1.807, 2.05) is 13.8 Å². The lowest BCUT2D eigenvalue weighted by Crippen LogP contribution is -2.38. The number of halogens is 3. The summed E-state index contributed by atoms with van der Waals surface area (Å²) < 4.78 is 54.3. The van der Waals surface area contributed by atoms with Gasteiger partial charge < -0.3 is 13.9 Å². The summed E-state index contributed by atoms with van der Waals surface area (Å²) in [5.74, 6) is -0.927. The molecule has 0 saturated heterocycles. The third kappa shape index (κ3) is 6.92. The highest BCUT2D eigenvalue weighted by Gasteiger charge is 2.30. The van der Waals surface area contributed by atoms with Crippen LogP contribution in [-0.4, -0.2) is 29.7 Å². The molecule has 1 aromatic carbocycles. The van der Waals surface area contributed by atoms with Gasteiger partial charge in [0.15, 0.2) is 10.5 Å². The van der Waals surface area contributed by atoms with Gasteiger partial charge in [-0.1, -0.05) is 18.6 Å². The first-order chi connectivity index (χ1) is 11.4. The third-order valence-corrected chi connectivity index (χ3v) is 4.39. The molecule has 0 aromatic heterocycles. The summed E-state index contributed by atoms with van der Waals surface area (Å²) in [6.07, 6.45) is -0.136. The predicted molar refractivity (Wildman–Crippen MR) is 90.6 cm³/mol. The van der Waals surface area contributed by atoms with Crippen LogP contribution in [0.25, 0.3) is 0 Å². The van der Waals surface area contributed by atoms with Crippen molar-refractivity contribution >= 4 is 10.5 Å². The van der Waals surface area contributed by atoms with E-state index in [-0.39, 0.29) is 0 Å². The van der Waals surface area contributed by atoms with Crippen LogP contribution < -0.4 is 0 Å². The molecule has 138 valence electrons. The molecule has 0 amide bonds. The van der Waals surface area contributed by atoms with Gasteiger partial charge in [-0.05, 0) is 50.8 Å². The van der Waals surface area contributed by atoms with E-state index in [0.717, 1.165) is 43.4 Å².